The molecule has 1 aliphatic carbocycles. The molecule has 2 aliphatic heterocycles. The number of carbonyl (C=O) groups is 2. The fraction of sp³-hybridized carbons (Fsp3) is 0.273. The van der Waals surface area contributed by atoms with Crippen LogP contribution in [-0.2, 0) is 9.59 Å². The van der Waals surface area contributed by atoms with Gasteiger partial charge in [0.1, 0.15) is 0 Å². The van der Waals surface area contributed by atoms with Gasteiger partial charge in [-0.2, -0.15) is 0 Å². The van der Waals surface area contributed by atoms with E-state index >= 15 is 0 Å². The maximum Gasteiger partial charge on any atom is 0.231 e. The van der Waals surface area contributed by atoms with Gasteiger partial charge in [-0.3, -0.25) is 9.59 Å². The van der Waals surface area contributed by atoms with Crippen molar-refractivity contribution in [3.8, 4) is 11.5 Å². The van der Waals surface area contributed by atoms with Crippen LogP contribution in [-0.4, -0.2) is 18.5 Å². The monoisotopic (exact) mass is 361 g/mol. The second-order valence-electron chi connectivity index (χ2n) is 7.25. The van der Waals surface area contributed by atoms with Gasteiger partial charge in [0.2, 0.25) is 12.7 Å². The number of hydrogen-bond donors (Lipinski definition) is 1. The van der Waals surface area contributed by atoms with Gasteiger partial charge in [-0.05, 0) is 35.6 Å². The highest BCUT2D eigenvalue weighted by molar-refractivity contribution is 6.02. The van der Waals surface area contributed by atoms with Crippen LogP contribution in [0, 0.1) is 0 Å². The number of Topliss-reactive ketones (excluding diaryl/α,β-unsaturated/α-hetero) is 1. The van der Waals surface area contributed by atoms with Gasteiger partial charge < -0.3 is 14.8 Å². The Labute approximate surface area is 157 Å². The van der Waals surface area contributed by atoms with Crippen molar-refractivity contribution >= 4 is 11.7 Å². The number of hydrogen-bond acceptors (Lipinski definition) is 4. The van der Waals surface area contributed by atoms with E-state index < -0.39 is 0 Å². The van der Waals surface area contributed by atoms with Gasteiger partial charge in [-0.15, -0.1) is 0 Å². The first-order valence-electron chi connectivity index (χ1n) is 9.19. The van der Waals surface area contributed by atoms with Crippen LogP contribution in [0.4, 0.5) is 0 Å². The number of carbonyl (C=O) groups excluding carboxylic acids is 2. The summed E-state index contributed by atoms with van der Waals surface area (Å²) < 4.78 is 10.8. The minimum absolute atomic E-state index is 0.0436. The van der Waals surface area contributed by atoms with Crippen LogP contribution in [0.3, 0.4) is 0 Å². The van der Waals surface area contributed by atoms with Crippen molar-refractivity contribution in [2.45, 2.75) is 31.1 Å². The Balaban J connectivity index is 1.52. The number of rotatable bonds is 2. The van der Waals surface area contributed by atoms with Crippen molar-refractivity contribution in [1.82, 2.24) is 5.32 Å². The molecular formula is C22H19NO4. The number of amides is 1. The SMILES string of the molecule is O=C1C[C@H](c2ccc3c(c2)OCO3)C2=C(C[C@H](c3ccccc3)CC2=O)N1. The molecule has 1 N–H and O–H groups in total. The molecule has 136 valence electrons. The Hall–Kier alpha value is -3.08. The molecule has 0 aromatic heterocycles. The van der Waals surface area contributed by atoms with Crippen molar-refractivity contribution in [2.75, 3.05) is 6.79 Å². The van der Waals surface area contributed by atoms with E-state index in [1.165, 1.54) is 0 Å². The molecule has 3 aliphatic rings. The van der Waals surface area contributed by atoms with Gasteiger partial charge in [0.15, 0.2) is 17.3 Å². The summed E-state index contributed by atoms with van der Waals surface area (Å²) in [7, 11) is 0. The lowest BCUT2D eigenvalue weighted by Gasteiger charge is -2.34. The highest BCUT2D eigenvalue weighted by Crippen LogP contribution is 2.44. The average molecular weight is 361 g/mol. The quantitative estimate of drug-likeness (QED) is 0.890. The standard InChI is InChI=1S/C22H19NO4/c24-18-9-15(13-4-2-1-3-5-13)8-17-22(18)16(11-21(25)23-17)14-6-7-19-20(10-14)27-12-26-19/h1-7,10,15-16H,8-9,11-12H2,(H,23,25)/t15-,16+/m0/s1. The van der Waals surface area contributed by atoms with Crippen LogP contribution in [0.2, 0.25) is 0 Å². The minimum atomic E-state index is -0.229. The number of nitrogens with one attached hydrogen (secondary N) is 1. The van der Waals surface area contributed by atoms with E-state index in [9.17, 15) is 9.59 Å². The van der Waals surface area contributed by atoms with Gasteiger partial charge in [0.05, 0.1) is 0 Å². The largest absolute Gasteiger partial charge is 0.454 e. The maximum atomic E-state index is 13.1. The van der Waals surface area contributed by atoms with E-state index in [-0.39, 0.29) is 36.7 Å². The molecule has 0 radical (unpaired) electrons. The predicted octanol–water partition coefficient (Wildman–Crippen LogP) is 3.42. The van der Waals surface area contributed by atoms with Crippen molar-refractivity contribution in [3.05, 3.63) is 70.9 Å². The van der Waals surface area contributed by atoms with E-state index in [0.29, 0.717) is 24.3 Å². The highest BCUT2D eigenvalue weighted by Gasteiger charge is 2.38. The van der Waals surface area contributed by atoms with Crippen LogP contribution < -0.4 is 14.8 Å². The summed E-state index contributed by atoms with van der Waals surface area (Å²) in [5.41, 5.74) is 3.59. The minimum Gasteiger partial charge on any atom is -0.454 e. The highest BCUT2D eigenvalue weighted by atomic mass is 16.7. The second-order valence-corrected chi connectivity index (χ2v) is 7.25. The third kappa shape index (κ3) is 2.79. The van der Waals surface area contributed by atoms with Crippen LogP contribution in [0.5, 0.6) is 11.5 Å². The molecule has 2 heterocycles. The fourth-order valence-electron chi connectivity index (χ4n) is 4.34. The Morgan fingerprint density at radius 1 is 0.852 bits per heavy atom. The van der Waals surface area contributed by atoms with E-state index in [0.717, 1.165) is 22.4 Å². The van der Waals surface area contributed by atoms with Gasteiger partial charge in [-0.25, -0.2) is 0 Å². The predicted molar refractivity (Wildman–Crippen MR) is 98.5 cm³/mol. The molecule has 2 atom stereocenters. The van der Waals surface area contributed by atoms with Crippen LogP contribution in [0.25, 0.3) is 0 Å². The number of benzene rings is 2. The lowest BCUT2D eigenvalue weighted by Crippen LogP contribution is -2.38. The van der Waals surface area contributed by atoms with Crippen molar-refractivity contribution in [1.29, 1.82) is 0 Å². The molecule has 0 spiro atoms. The van der Waals surface area contributed by atoms with Gasteiger partial charge in [0, 0.05) is 30.0 Å². The first kappa shape index (κ1) is 16.1. The normalized spacial score (nSPS) is 23.9. The average Bonchev–Trinajstić information content (AvgIpc) is 3.15. The topological polar surface area (TPSA) is 64.6 Å². The lowest BCUT2D eigenvalue weighted by molar-refractivity contribution is -0.122. The lowest BCUT2D eigenvalue weighted by atomic mass is 9.73. The summed E-state index contributed by atoms with van der Waals surface area (Å²) in [6.45, 7) is 0.204. The molecule has 0 saturated heterocycles. The molecule has 2 aromatic rings. The molecule has 2 aromatic carbocycles. The zero-order valence-electron chi connectivity index (χ0n) is 14.7. The number of allylic oxidation sites excluding steroid dienone is 2. The maximum absolute atomic E-state index is 13.1. The van der Waals surface area contributed by atoms with Crippen molar-refractivity contribution in [2.24, 2.45) is 0 Å². The molecule has 0 unspecified atom stereocenters. The van der Waals surface area contributed by atoms with E-state index in [2.05, 4.69) is 5.32 Å². The number of fused-ring (bicyclic) bond motifs is 1. The molecule has 0 fully saturated rings. The Kier molecular flexibility index (Phi) is 3.74. The van der Waals surface area contributed by atoms with Gasteiger partial charge in [-0.1, -0.05) is 36.4 Å². The second kappa shape index (κ2) is 6.27. The summed E-state index contributed by atoms with van der Waals surface area (Å²) in [6, 6.07) is 15.7. The summed E-state index contributed by atoms with van der Waals surface area (Å²) in [4.78, 5) is 25.4. The molecule has 27 heavy (non-hydrogen) atoms. The molecule has 5 nitrogen and oxygen atoms in total. The smallest absolute Gasteiger partial charge is 0.231 e. The summed E-state index contributed by atoms with van der Waals surface area (Å²) >= 11 is 0. The molecule has 5 heteroatoms. The summed E-state index contributed by atoms with van der Waals surface area (Å²) in [5, 5.41) is 2.96. The molecule has 0 bridgehead atoms. The van der Waals surface area contributed by atoms with Crippen LogP contribution in [0.15, 0.2) is 59.8 Å². The third-order valence-electron chi connectivity index (χ3n) is 5.61. The molecular weight excluding hydrogens is 342 g/mol. The Morgan fingerprint density at radius 2 is 1.67 bits per heavy atom. The van der Waals surface area contributed by atoms with Crippen LogP contribution in [0.1, 0.15) is 42.2 Å². The van der Waals surface area contributed by atoms with E-state index in [1.807, 2.05) is 48.5 Å². The fourth-order valence-corrected chi connectivity index (χ4v) is 4.34. The zero-order valence-corrected chi connectivity index (χ0v) is 14.7. The molecule has 0 saturated carbocycles. The summed E-state index contributed by atoms with van der Waals surface area (Å²) in [5.74, 6) is 1.32. The number of ether oxygens (including phenoxy) is 2. The van der Waals surface area contributed by atoms with Crippen molar-refractivity contribution in [3.63, 3.8) is 0 Å². The summed E-state index contributed by atoms with van der Waals surface area (Å²) in [6.07, 6.45) is 1.43. The molecule has 1 amide bonds. The van der Waals surface area contributed by atoms with Gasteiger partial charge >= 0.3 is 0 Å². The molecule has 5 rings (SSSR count). The first-order valence-corrected chi connectivity index (χ1v) is 9.19. The number of ketones is 1. The van der Waals surface area contributed by atoms with Crippen LogP contribution >= 0.6 is 0 Å². The third-order valence-corrected chi connectivity index (χ3v) is 5.61. The van der Waals surface area contributed by atoms with E-state index in [4.69, 9.17) is 9.47 Å². The van der Waals surface area contributed by atoms with Gasteiger partial charge in [0.25, 0.3) is 0 Å². The van der Waals surface area contributed by atoms with E-state index in [1.54, 1.807) is 0 Å². The first-order chi connectivity index (χ1) is 13.2. The Bertz CT molecular complexity index is 964. The van der Waals surface area contributed by atoms with Crippen molar-refractivity contribution < 1.29 is 19.1 Å². The zero-order chi connectivity index (χ0) is 18.4. The Morgan fingerprint density at radius 3 is 2.52 bits per heavy atom.